The molecule has 1 unspecified atom stereocenters. The Morgan fingerprint density at radius 2 is 2.35 bits per heavy atom. The maximum absolute atomic E-state index is 12.2. The number of aliphatic hydroxyl groups excluding tert-OH is 1. The molecule has 1 atom stereocenters. The summed E-state index contributed by atoms with van der Waals surface area (Å²) in [5.74, 6) is -0.172. The van der Waals surface area contributed by atoms with Crippen molar-refractivity contribution in [3.8, 4) is 0 Å². The van der Waals surface area contributed by atoms with Crippen LogP contribution in [-0.2, 0) is 0 Å². The van der Waals surface area contributed by atoms with E-state index in [1.54, 1.807) is 37.1 Å². The maximum atomic E-state index is 12.2. The fourth-order valence-corrected chi connectivity index (χ4v) is 1.51. The number of likely N-dealkylation sites (N-methyl/N-ethyl adjacent to an activating group) is 1. The molecule has 2 heterocycles. The molecule has 2 aromatic rings. The predicted octanol–water partition coefficient (Wildman–Crippen LogP) is 0.182. The Balaban J connectivity index is 2.37. The van der Waals surface area contributed by atoms with Gasteiger partial charge in [-0.15, -0.1) is 0 Å². The summed E-state index contributed by atoms with van der Waals surface area (Å²) < 4.78 is 1.59. The molecule has 0 saturated carbocycles. The lowest BCUT2D eigenvalue weighted by Gasteiger charge is -2.22. The van der Waals surface area contributed by atoms with Crippen LogP contribution in [0.4, 0.5) is 0 Å². The molecule has 0 aliphatic heterocycles. The summed E-state index contributed by atoms with van der Waals surface area (Å²) in [6.07, 6.45) is 6.40. The lowest BCUT2D eigenvalue weighted by molar-refractivity contribution is 0.0684. The van der Waals surface area contributed by atoms with Gasteiger partial charge in [0.05, 0.1) is 36.1 Å². The van der Waals surface area contributed by atoms with Gasteiger partial charge in [0.15, 0.2) is 0 Å². The van der Waals surface area contributed by atoms with Crippen LogP contribution in [0.1, 0.15) is 17.3 Å². The first kappa shape index (κ1) is 11.5. The fraction of sp³-hybridized carbons (Fsp3) is 0.364. The highest BCUT2D eigenvalue weighted by Gasteiger charge is 2.20. The van der Waals surface area contributed by atoms with E-state index in [9.17, 15) is 4.79 Å². The number of aliphatic hydroxyl groups is 1. The second kappa shape index (κ2) is 4.50. The third-order valence-corrected chi connectivity index (χ3v) is 2.80. The standard InChI is InChI=1S/C11H14N4O2/c1-8(7-16)14(2)11(17)9-5-13-15-4-3-12-6-10(9)15/h3-6,8,16H,7H2,1-2H3. The van der Waals surface area contributed by atoms with Crippen LogP contribution in [0.3, 0.4) is 0 Å². The molecule has 0 bridgehead atoms. The minimum atomic E-state index is -0.228. The van der Waals surface area contributed by atoms with Gasteiger partial charge in [-0.05, 0) is 6.92 Å². The lowest BCUT2D eigenvalue weighted by atomic mass is 10.2. The molecule has 0 radical (unpaired) electrons. The van der Waals surface area contributed by atoms with Crippen molar-refractivity contribution in [2.75, 3.05) is 13.7 Å². The summed E-state index contributed by atoms with van der Waals surface area (Å²) in [5, 5.41) is 13.1. The summed E-state index contributed by atoms with van der Waals surface area (Å²) >= 11 is 0. The van der Waals surface area contributed by atoms with Gasteiger partial charge in [-0.1, -0.05) is 0 Å². The number of hydrogen-bond donors (Lipinski definition) is 1. The number of hydrogen-bond acceptors (Lipinski definition) is 4. The molecular formula is C11H14N4O2. The summed E-state index contributed by atoms with van der Waals surface area (Å²) in [6, 6.07) is -0.228. The molecule has 6 nitrogen and oxygen atoms in total. The largest absolute Gasteiger partial charge is 0.394 e. The first-order valence-electron chi connectivity index (χ1n) is 5.30. The highest BCUT2D eigenvalue weighted by atomic mass is 16.3. The zero-order chi connectivity index (χ0) is 12.4. The van der Waals surface area contributed by atoms with Crippen LogP contribution >= 0.6 is 0 Å². The van der Waals surface area contributed by atoms with Crippen molar-refractivity contribution in [3.05, 3.63) is 30.4 Å². The molecule has 0 fully saturated rings. The number of nitrogens with zero attached hydrogens (tertiary/aromatic N) is 4. The second-order valence-corrected chi connectivity index (χ2v) is 3.91. The van der Waals surface area contributed by atoms with Crippen molar-refractivity contribution in [2.24, 2.45) is 0 Å². The van der Waals surface area contributed by atoms with Gasteiger partial charge >= 0.3 is 0 Å². The van der Waals surface area contributed by atoms with Crippen LogP contribution in [-0.4, -0.2) is 50.2 Å². The Labute approximate surface area is 98.5 Å². The van der Waals surface area contributed by atoms with Gasteiger partial charge in [0.2, 0.25) is 0 Å². The molecule has 6 heteroatoms. The van der Waals surface area contributed by atoms with E-state index in [0.29, 0.717) is 11.1 Å². The van der Waals surface area contributed by atoms with Gasteiger partial charge in [0, 0.05) is 19.4 Å². The molecule has 90 valence electrons. The van der Waals surface area contributed by atoms with E-state index < -0.39 is 0 Å². The van der Waals surface area contributed by atoms with Crippen molar-refractivity contribution in [1.29, 1.82) is 0 Å². The Bertz CT molecular complexity index is 537. The number of carbonyl (C=O) groups excluding carboxylic acids is 1. The van der Waals surface area contributed by atoms with Gasteiger partial charge in [-0.25, -0.2) is 4.52 Å². The van der Waals surface area contributed by atoms with E-state index in [0.717, 1.165) is 0 Å². The second-order valence-electron chi connectivity index (χ2n) is 3.91. The summed E-state index contributed by atoms with van der Waals surface area (Å²) in [6.45, 7) is 1.71. The minimum absolute atomic E-state index is 0.0697. The van der Waals surface area contributed by atoms with Crippen LogP contribution in [0.2, 0.25) is 0 Å². The third-order valence-electron chi connectivity index (χ3n) is 2.80. The highest BCUT2D eigenvalue weighted by Crippen LogP contribution is 2.12. The monoisotopic (exact) mass is 234 g/mol. The van der Waals surface area contributed by atoms with E-state index >= 15 is 0 Å². The van der Waals surface area contributed by atoms with E-state index in [4.69, 9.17) is 5.11 Å². The average Bonchev–Trinajstić information content (AvgIpc) is 2.79. The Kier molecular flexibility index (Phi) is 3.06. The SMILES string of the molecule is CC(CO)N(C)C(=O)c1cnn2ccncc12. The van der Waals surface area contributed by atoms with Crippen molar-refractivity contribution in [2.45, 2.75) is 13.0 Å². The number of aromatic nitrogens is 3. The van der Waals surface area contributed by atoms with Gasteiger partial charge in [-0.2, -0.15) is 5.10 Å². The molecule has 2 aromatic heterocycles. The molecule has 0 aliphatic carbocycles. The van der Waals surface area contributed by atoms with Gasteiger partial charge in [-0.3, -0.25) is 9.78 Å². The smallest absolute Gasteiger partial charge is 0.257 e. The molecule has 1 N–H and O–H groups in total. The van der Waals surface area contributed by atoms with Crippen molar-refractivity contribution in [3.63, 3.8) is 0 Å². The molecule has 0 saturated heterocycles. The first-order chi connectivity index (χ1) is 8.15. The van der Waals surface area contributed by atoms with Crippen LogP contribution in [0, 0.1) is 0 Å². The molecular weight excluding hydrogens is 220 g/mol. The van der Waals surface area contributed by atoms with Crippen LogP contribution in [0.15, 0.2) is 24.8 Å². The van der Waals surface area contributed by atoms with Gasteiger partial charge in [0.25, 0.3) is 5.91 Å². The van der Waals surface area contributed by atoms with E-state index in [1.807, 2.05) is 0 Å². The third kappa shape index (κ3) is 1.99. The molecule has 2 rings (SSSR count). The van der Waals surface area contributed by atoms with Crippen molar-refractivity contribution in [1.82, 2.24) is 19.5 Å². The van der Waals surface area contributed by atoms with Gasteiger partial charge in [0.1, 0.15) is 0 Å². The molecule has 0 aliphatic rings. The summed E-state index contributed by atoms with van der Waals surface area (Å²) in [4.78, 5) is 17.6. The number of fused-ring (bicyclic) bond motifs is 1. The van der Waals surface area contributed by atoms with Crippen molar-refractivity contribution >= 4 is 11.4 Å². The number of amides is 1. The van der Waals surface area contributed by atoms with Gasteiger partial charge < -0.3 is 10.0 Å². The first-order valence-corrected chi connectivity index (χ1v) is 5.30. The van der Waals surface area contributed by atoms with E-state index in [-0.39, 0.29) is 18.6 Å². The average molecular weight is 234 g/mol. The van der Waals surface area contributed by atoms with Crippen LogP contribution in [0.25, 0.3) is 5.52 Å². The normalized spacial score (nSPS) is 12.6. The Morgan fingerprint density at radius 1 is 1.59 bits per heavy atom. The minimum Gasteiger partial charge on any atom is -0.394 e. The fourth-order valence-electron chi connectivity index (χ4n) is 1.51. The topological polar surface area (TPSA) is 70.7 Å². The summed E-state index contributed by atoms with van der Waals surface area (Å²) in [5.41, 5.74) is 1.15. The number of carbonyl (C=O) groups is 1. The van der Waals surface area contributed by atoms with Crippen molar-refractivity contribution < 1.29 is 9.90 Å². The van der Waals surface area contributed by atoms with E-state index in [1.165, 1.54) is 11.1 Å². The maximum Gasteiger partial charge on any atom is 0.257 e. The molecule has 17 heavy (non-hydrogen) atoms. The molecule has 1 amide bonds. The summed E-state index contributed by atoms with van der Waals surface area (Å²) in [7, 11) is 1.66. The Morgan fingerprint density at radius 3 is 3.06 bits per heavy atom. The Hall–Kier alpha value is -1.95. The highest BCUT2D eigenvalue weighted by molar-refractivity contribution is 6.00. The number of rotatable bonds is 3. The van der Waals surface area contributed by atoms with Crippen LogP contribution < -0.4 is 0 Å². The lowest BCUT2D eigenvalue weighted by Crippen LogP contribution is -2.37. The van der Waals surface area contributed by atoms with Crippen LogP contribution in [0.5, 0.6) is 0 Å². The zero-order valence-corrected chi connectivity index (χ0v) is 9.74. The molecule has 0 aromatic carbocycles. The quantitative estimate of drug-likeness (QED) is 0.822. The molecule has 0 spiro atoms. The van der Waals surface area contributed by atoms with E-state index in [2.05, 4.69) is 10.1 Å². The predicted molar refractivity (Wildman–Crippen MR) is 61.6 cm³/mol. The zero-order valence-electron chi connectivity index (χ0n) is 9.74.